The highest BCUT2D eigenvalue weighted by atomic mass is 16.2. The average Bonchev–Trinajstić information content (AvgIpc) is 2.67. The van der Waals surface area contributed by atoms with Gasteiger partial charge in [-0.25, -0.2) is 0 Å². The van der Waals surface area contributed by atoms with Crippen LogP contribution in [0.2, 0.25) is 0 Å². The molecule has 5 nitrogen and oxygen atoms in total. The third-order valence-corrected chi connectivity index (χ3v) is 5.24. The van der Waals surface area contributed by atoms with Gasteiger partial charge in [-0.05, 0) is 37.8 Å². The Morgan fingerprint density at radius 2 is 1.92 bits per heavy atom. The van der Waals surface area contributed by atoms with Gasteiger partial charge >= 0.3 is 0 Å². The van der Waals surface area contributed by atoms with Gasteiger partial charge < -0.3 is 10.2 Å². The van der Waals surface area contributed by atoms with Crippen LogP contribution in [0.25, 0.3) is 0 Å². The van der Waals surface area contributed by atoms with Gasteiger partial charge in [-0.1, -0.05) is 31.7 Å². The maximum atomic E-state index is 13.0. The topological polar surface area (TPSA) is 62.3 Å². The molecule has 2 atom stereocenters. The lowest BCUT2D eigenvalue weighted by atomic mass is 9.82. The summed E-state index contributed by atoms with van der Waals surface area (Å²) in [7, 11) is 0. The van der Waals surface area contributed by atoms with Crippen molar-refractivity contribution in [2.24, 2.45) is 5.92 Å². The zero-order chi connectivity index (χ0) is 16.8. The van der Waals surface area contributed by atoms with Gasteiger partial charge in [0.25, 0.3) is 5.91 Å². The maximum Gasteiger partial charge on any atom is 0.272 e. The van der Waals surface area contributed by atoms with Gasteiger partial charge in [-0.3, -0.25) is 14.6 Å². The van der Waals surface area contributed by atoms with Crippen LogP contribution in [-0.4, -0.2) is 40.8 Å². The van der Waals surface area contributed by atoms with E-state index in [9.17, 15) is 9.59 Å². The molecular formula is C19H27N3O2. The molecule has 1 aliphatic heterocycles. The Hall–Kier alpha value is -1.91. The smallest absolute Gasteiger partial charge is 0.272 e. The quantitative estimate of drug-likeness (QED) is 0.862. The van der Waals surface area contributed by atoms with Crippen LogP contribution in [0.15, 0.2) is 24.4 Å². The summed E-state index contributed by atoms with van der Waals surface area (Å²) >= 11 is 0. The van der Waals surface area contributed by atoms with Crippen LogP contribution in [0.3, 0.4) is 0 Å². The molecule has 0 radical (unpaired) electrons. The second-order valence-electron chi connectivity index (χ2n) is 6.88. The van der Waals surface area contributed by atoms with Gasteiger partial charge in [-0.2, -0.15) is 0 Å². The van der Waals surface area contributed by atoms with Crippen molar-refractivity contribution in [3.05, 3.63) is 30.1 Å². The SMILES string of the molecule is O=C1NCCCCCCN(C(=O)c2ccccn2)C2CCCCC12. The number of pyridine rings is 1. The minimum Gasteiger partial charge on any atom is -0.356 e. The summed E-state index contributed by atoms with van der Waals surface area (Å²) in [4.78, 5) is 31.8. The highest BCUT2D eigenvalue weighted by Gasteiger charge is 2.37. The van der Waals surface area contributed by atoms with E-state index in [1.165, 1.54) is 0 Å². The van der Waals surface area contributed by atoms with Gasteiger partial charge in [-0.15, -0.1) is 0 Å². The molecular weight excluding hydrogens is 302 g/mol. The van der Waals surface area contributed by atoms with Gasteiger partial charge in [0.15, 0.2) is 0 Å². The number of carbonyl (C=O) groups is 2. The zero-order valence-corrected chi connectivity index (χ0v) is 14.2. The molecule has 1 aliphatic carbocycles. The van der Waals surface area contributed by atoms with Crippen molar-refractivity contribution in [2.75, 3.05) is 13.1 Å². The summed E-state index contributed by atoms with van der Waals surface area (Å²) in [5, 5.41) is 3.09. The summed E-state index contributed by atoms with van der Waals surface area (Å²) in [6.45, 7) is 1.49. The van der Waals surface area contributed by atoms with E-state index < -0.39 is 0 Å². The number of hydrogen-bond donors (Lipinski definition) is 1. The second-order valence-corrected chi connectivity index (χ2v) is 6.88. The minimum absolute atomic E-state index is 0.00589. The molecule has 0 bridgehead atoms. The molecule has 1 aromatic rings. The van der Waals surface area contributed by atoms with Crippen LogP contribution in [0.5, 0.6) is 0 Å². The van der Waals surface area contributed by atoms with Crippen molar-refractivity contribution in [3.63, 3.8) is 0 Å². The molecule has 2 amide bonds. The third kappa shape index (κ3) is 3.94. The molecule has 0 spiro atoms. The summed E-state index contributed by atoms with van der Waals surface area (Å²) < 4.78 is 0. The van der Waals surface area contributed by atoms with Crippen LogP contribution < -0.4 is 5.32 Å². The number of carbonyl (C=O) groups excluding carboxylic acids is 2. The Morgan fingerprint density at radius 1 is 1.08 bits per heavy atom. The fourth-order valence-corrected chi connectivity index (χ4v) is 3.95. The Morgan fingerprint density at radius 3 is 2.75 bits per heavy atom. The minimum atomic E-state index is -0.0792. The predicted octanol–water partition coefficient (Wildman–Crippen LogP) is 2.77. The first-order valence-electron chi connectivity index (χ1n) is 9.27. The van der Waals surface area contributed by atoms with E-state index in [2.05, 4.69) is 10.3 Å². The number of rotatable bonds is 1. The summed E-state index contributed by atoms with van der Waals surface area (Å²) in [6, 6.07) is 5.44. The standard InChI is InChI=1S/C19H27N3O2/c23-18-15-9-3-4-11-17(15)22(14-8-2-1-6-13-21-18)19(24)16-10-5-7-12-20-16/h5,7,10,12,15,17H,1-4,6,8-9,11,13-14H2,(H,21,23). The van der Waals surface area contributed by atoms with E-state index in [0.29, 0.717) is 5.69 Å². The van der Waals surface area contributed by atoms with Gasteiger partial charge in [0.2, 0.25) is 5.91 Å². The third-order valence-electron chi connectivity index (χ3n) is 5.24. The van der Waals surface area contributed by atoms with E-state index in [0.717, 1.165) is 64.5 Å². The van der Waals surface area contributed by atoms with Crippen molar-refractivity contribution >= 4 is 11.8 Å². The molecule has 3 rings (SSSR count). The molecule has 2 aliphatic rings. The first-order chi connectivity index (χ1) is 11.8. The van der Waals surface area contributed by atoms with Gasteiger partial charge in [0, 0.05) is 25.3 Å². The van der Waals surface area contributed by atoms with E-state index in [1.54, 1.807) is 12.3 Å². The molecule has 1 saturated heterocycles. The van der Waals surface area contributed by atoms with Crippen molar-refractivity contribution < 1.29 is 9.59 Å². The van der Waals surface area contributed by atoms with Gasteiger partial charge in [0.05, 0.1) is 5.92 Å². The molecule has 2 unspecified atom stereocenters. The van der Waals surface area contributed by atoms with E-state index in [-0.39, 0.29) is 23.8 Å². The highest BCUT2D eigenvalue weighted by Crippen LogP contribution is 2.30. The normalized spacial score (nSPS) is 26.0. The fourth-order valence-electron chi connectivity index (χ4n) is 3.95. The first-order valence-corrected chi connectivity index (χ1v) is 9.27. The maximum absolute atomic E-state index is 13.0. The van der Waals surface area contributed by atoms with E-state index in [4.69, 9.17) is 0 Å². The lowest BCUT2D eigenvalue weighted by Gasteiger charge is -2.39. The second kappa shape index (κ2) is 8.27. The van der Waals surface area contributed by atoms with E-state index >= 15 is 0 Å². The number of nitrogens with zero attached hydrogens (tertiary/aromatic N) is 2. The molecule has 24 heavy (non-hydrogen) atoms. The molecule has 2 heterocycles. The largest absolute Gasteiger partial charge is 0.356 e. The Labute approximate surface area is 143 Å². The summed E-state index contributed by atoms with van der Waals surface area (Å²) in [6.07, 6.45) is 9.82. The number of amides is 2. The molecule has 1 saturated carbocycles. The highest BCUT2D eigenvalue weighted by molar-refractivity contribution is 5.93. The molecule has 1 aromatic heterocycles. The molecule has 5 heteroatoms. The fraction of sp³-hybridized carbons (Fsp3) is 0.632. The van der Waals surface area contributed by atoms with Crippen LogP contribution in [0.4, 0.5) is 0 Å². The van der Waals surface area contributed by atoms with Crippen LogP contribution in [0, 0.1) is 5.92 Å². The van der Waals surface area contributed by atoms with Gasteiger partial charge in [0.1, 0.15) is 5.69 Å². The Kier molecular flexibility index (Phi) is 5.83. The lowest BCUT2D eigenvalue weighted by molar-refractivity contribution is -0.128. The first kappa shape index (κ1) is 16.9. The van der Waals surface area contributed by atoms with Crippen molar-refractivity contribution in [1.82, 2.24) is 15.2 Å². The van der Waals surface area contributed by atoms with Crippen LogP contribution >= 0.6 is 0 Å². The number of hydrogen-bond acceptors (Lipinski definition) is 3. The number of fused-ring (bicyclic) bond motifs is 1. The summed E-state index contributed by atoms with van der Waals surface area (Å²) in [5.41, 5.74) is 0.483. The Bertz CT molecular complexity index is 561. The van der Waals surface area contributed by atoms with Crippen LogP contribution in [0.1, 0.15) is 61.9 Å². The van der Waals surface area contributed by atoms with Crippen LogP contribution in [-0.2, 0) is 4.79 Å². The molecule has 130 valence electrons. The zero-order valence-electron chi connectivity index (χ0n) is 14.2. The van der Waals surface area contributed by atoms with Crippen molar-refractivity contribution in [3.8, 4) is 0 Å². The number of aromatic nitrogens is 1. The van der Waals surface area contributed by atoms with E-state index in [1.807, 2.05) is 17.0 Å². The average molecular weight is 329 g/mol. The molecule has 0 aromatic carbocycles. The molecule has 1 N–H and O–H groups in total. The monoisotopic (exact) mass is 329 g/mol. The lowest BCUT2D eigenvalue weighted by Crippen LogP contribution is -2.51. The molecule has 2 fully saturated rings. The predicted molar refractivity (Wildman–Crippen MR) is 92.5 cm³/mol. The van der Waals surface area contributed by atoms with Crippen molar-refractivity contribution in [2.45, 2.75) is 57.4 Å². The Balaban J connectivity index is 1.86. The number of nitrogens with one attached hydrogen (secondary N) is 1. The summed E-state index contributed by atoms with van der Waals surface area (Å²) in [5.74, 6) is 0.0180. The van der Waals surface area contributed by atoms with Crippen molar-refractivity contribution in [1.29, 1.82) is 0 Å².